The van der Waals surface area contributed by atoms with Crippen molar-refractivity contribution in [3.05, 3.63) is 42.5 Å². The molecule has 0 radical (unpaired) electrons. The normalized spacial score (nSPS) is 13.6. The zero-order chi connectivity index (χ0) is 18.4. The molecule has 1 aliphatic heterocycles. The number of esters is 1. The first-order valence-corrected chi connectivity index (χ1v) is 9.88. The van der Waals surface area contributed by atoms with Crippen LogP contribution in [0.25, 0.3) is 10.8 Å². The summed E-state index contributed by atoms with van der Waals surface area (Å²) in [5, 5.41) is 4.77. The fourth-order valence-electron chi connectivity index (χ4n) is 2.82. The molecule has 0 atom stereocenters. The van der Waals surface area contributed by atoms with Gasteiger partial charge in [0.2, 0.25) is 0 Å². The van der Waals surface area contributed by atoms with Crippen LogP contribution in [0.5, 0.6) is 0 Å². The number of ether oxygens (including phenoxy) is 1. The molecule has 0 spiro atoms. The van der Waals surface area contributed by atoms with Crippen LogP contribution < -0.4 is 5.32 Å². The lowest BCUT2D eigenvalue weighted by Crippen LogP contribution is -2.25. The first-order valence-electron chi connectivity index (χ1n) is 8.48. The lowest BCUT2D eigenvalue weighted by Gasteiger charge is -2.17. The van der Waals surface area contributed by atoms with Gasteiger partial charge in [-0.1, -0.05) is 60.4 Å². The quantitative estimate of drug-likeness (QED) is 0.626. The Morgan fingerprint density at radius 2 is 1.85 bits per heavy atom. The molecule has 5 nitrogen and oxygen atoms in total. The highest BCUT2D eigenvalue weighted by Crippen LogP contribution is 2.22. The Morgan fingerprint density at radius 1 is 1.12 bits per heavy atom. The molecule has 7 heteroatoms. The van der Waals surface area contributed by atoms with Gasteiger partial charge in [0.25, 0.3) is 5.91 Å². The van der Waals surface area contributed by atoms with Crippen molar-refractivity contribution in [2.45, 2.75) is 12.8 Å². The number of carbonyl (C=O) groups is 2. The van der Waals surface area contributed by atoms with Gasteiger partial charge in [-0.05, 0) is 24.3 Å². The Kier molecular flexibility index (Phi) is 6.46. The van der Waals surface area contributed by atoms with Gasteiger partial charge in [0, 0.05) is 24.2 Å². The molecule has 1 saturated heterocycles. The second kappa shape index (κ2) is 9.00. The average Bonchev–Trinajstić information content (AvgIpc) is 3.19. The standard InChI is InChI=1S/C19H20N2O3S2/c22-17(20-16-9-5-7-14-6-1-2-8-15(14)16)12-24-18(23)13-26-19(25)21-10-3-4-11-21/h1-2,5-9H,3-4,10-13H2,(H,20,22). The van der Waals surface area contributed by atoms with E-state index in [4.69, 9.17) is 17.0 Å². The van der Waals surface area contributed by atoms with Gasteiger partial charge in [-0.25, -0.2) is 0 Å². The molecular formula is C19H20N2O3S2. The smallest absolute Gasteiger partial charge is 0.316 e. The molecule has 0 unspecified atom stereocenters. The number of hydrogen-bond donors (Lipinski definition) is 1. The lowest BCUT2D eigenvalue weighted by molar-refractivity contribution is -0.144. The number of thioether (sulfide) groups is 1. The van der Waals surface area contributed by atoms with Crippen LogP contribution in [0.4, 0.5) is 5.69 Å². The van der Waals surface area contributed by atoms with Gasteiger partial charge in [-0.2, -0.15) is 0 Å². The molecule has 2 aromatic carbocycles. The maximum atomic E-state index is 12.1. The Hall–Kier alpha value is -2.12. The molecule has 0 aromatic heterocycles. The molecule has 3 rings (SSSR count). The number of rotatable bonds is 5. The molecule has 1 amide bonds. The summed E-state index contributed by atoms with van der Waals surface area (Å²) in [5.74, 6) is -0.678. The third kappa shape index (κ3) is 4.95. The predicted octanol–water partition coefficient (Wildman–Crippen LogP) is 3.44. The predicted molar refractivity (Wildman–Crippen MR) is 109 cm³/mol. The van der Waals surface area contributed by atoms with Crippen LogP contribution in [0.15, 0.2) is 42.5 Å². The molecule has 1 aliphatic rings. The van der Waals surface area contributed by atoms with Crippen molar-refractivity contribution in [1.82, 2.24) is 4.90 Å². The van der Waals surface area contributed by atoms with E-state index in [2.05, 4.69) is 10.2 Å². The fraction of sp³-hybridized carbons (Fsp3) is 0.316. The third-order valence-corrected chi connectivity index (χ3v) is 5.60. The van der Waals surface area contributed by atoms with E-state index in [1.54, 1.807) is 0 Å². The van der Waals surface area contributed by atoms with Gasteiger partial charge in [0.15, 0.2) is 6.61 Å². The number of nitrogens with zero attached hydrogens (tertiary/aromatic N) is 1. The van der Waals surface area contributed by atoms with Gasteiger partial charge >= 0.3 is 5.97 Å². The zero-order valence-electron chi connectivity index (χ0n) is 14.3. The number of nitrogens with one attached hydrogen (secondary N) is 1. The first-order chi connectivity index (χ1) is 12.6. The van der Waals surface area contributed by atoms with E-state index < -0.39 is 5.97 Å². The Morgan fingerprint density at radius 3 is 2.65 bits per heavy atom. The zero-order valence-corrected chi connectivity index (χ0v) is 15.9. The van der Waals surface area contributed by atoms with E-state index >= 15 is 0 Å². The van der Waals surface area contributed by atoms with Crippen molar-refractivity contribution in [3.63, 3.8) is 0 Å². The highest BCUT2D eigenvalue weighted by molar-refractivity contribution is 8.23. The minimum Gasteiger partial charge on any atom is -0.455 e. The molecule has 136 valence electrons. The van der Waals surface area contributed by atoms with Crippen LogP contribution in [0.2, 0.25) is 0 Å². The Bertz CT molecular complexity index is 814. The molecule has 1 N–H and O–H groups in total. The van der Waals surface area contributed by atoms with Gasteiger partial charge in [0.05, 0.1) is 5.75 Å². The van der Waals surface area contributed by atoms with Crippen molar-refractivity contribution in [2.75, 3.05) is 30.8 Å². The van der Waals surface area contributed by atoms with Crippen LogP contribution >= 0.6 is 24.0 Å². The third-order valence-electron chi connectivity index (χ3n) is 4.11. The molecule has 2 aromatic rings. The molecule has 1 fully saturated rings. The summed E-state index contributed by atoms with van der Waals surface area (Å²) in [4.78, 5) is 26.0. The largest absolute Gasteiger partial charge is 0.455 e. The van der Waals surface area contributed by atoms with E-state index in [0.717, 1.165) is 41.0 Å². The van der Waals surface area contributed by atoms with Crippen LogP contribution in [0.1, 0.15) is 12.8 Å². The summed E-state index contributed by atoms with van der Waals surface area (Å²) in [7, 11) is 0. The van der Waals surface area contributed by atoms with E-state index in [-0.39, 0.29) is 18.3 Å². The number of benzene rings is 2. The maximum absolute atomic E-state index is 12.1. The van der Waals surface area contributed by atoms with Gasteiger partial charge in [0.1, 0.15) is 4.32 Å². The van der Waals surface area contributed by atoms with Crippen LogP contribution in [0.3, 0.4) is 0 Å². The minimum absolute atomic E-state index is 0.122. The van der Waals surface area contributed by atoms with E-state index in [1.165, 1.54) is 11.8 Å². The summed E-state index contributed by atoms with van der Waals surface area (Å²) < 4.78 is 5.77. The van der Waals surface area contributed by atoms with Gasteiger partial charge < -0.3 is 15.0 Å². The number of likely N-dealkylation sites (tertiary alicyclic amines) is 1. The molecule has 0 aliphatic carbocycles. The average molecular weight is 389 g/mol. The summed E-state index contributed by atoms with van der Waals surface area (Å²) >= 11 is 6.59. The highest BCUT2D eigenvalue weighted by atomic mass is 32.2. The van der Waals surface area contributed by atoms with Crippen molar-refractivity contribution >= 4 is 56.6 Å². The fourth-order valence-corrected chi connectivity index (χ4v) is 3.87. The van der Waals surface area contributed by atoms with Gasteiger partial charge in [-0.3, -0.25) is 9.59 Å². The first kappa shape index (κ1) is 18.7. The second-order valence-corrected chi connectivity index (χ2v) is 7.59. The van der Waals surface area contributed by atoms with Crippen molar-refractivity contribution in [3.8, 4) is 0 Å². The van der Waals surface area contributed by atoms with Crippen LogP contribution in [-0.2, 0) is 14.3 Å². The van der Waals surface area contributed by atoms with E-state index in [1.807, 2.05) is 42.5 Å². The van der Waals surface area contributed by atoms with Crippen molar-refractivity contribution < 1.29 is 14.3 Å². The summed E-state index contributed by atoms with van der Waals surface area (Å²) in [6.45, 7) is 1.60. The van der Waals surface area contributed by atoms with Crippen LogP contribution in [-0.4, -0.2) is 46.5 Å². The van der Waals surface area contributed by atoms with E-state index in [9.17, 15) is 9.59 Å². The SMILES string of the molecule is O=C(COC(=O)CSC(=S)N1CCCC1)Nc1cccc2ccccc12. The number of carbonyl (C=O) groups excluding carboxylic acids is 2. The number of amides is 1. The summed E-state index contributed by atoms with van der Waals surface area (Å²) in [6, 6.07) is 13.5. The molecule has 0 bridgehead atoms. The Balaban J connectivity index is 1.44. The summed E-state index contributed by atoms with van der Waals surface area (Å²) in [6.07, 6.45) is 2.28. The number of anilines is 1. The van der Waals surface area contributed by atoms with Crippen molar-refractivity contribution in [2.24, 2.45) is 0 Å². The van der Waals surface area contributed by atoms with E-state index in [0.29, 0.717) is 5.69 Å². The molecule has 1 heterocycles. The topological polar surface area (TPSA) is 58.6 Å². The number of fused-ring (bicyclic) bond motifs is 1. The monoisotopic (exact) mass is 388 g/mol. The van der Waals surface area contributed by atoms with Gasteiger partial charge in [-0.15, -0.1) is 0 Å². The molecule has 26 heavy (non-hydrogen) atoms. The summed E-state index contributed by atoms with van der Waals surface area (Å²) in [5.41, 5.74) is 0.703. The molecule has 0 saturated carbocycles. The number of hydrogen-bond acceptors (Lipinski definition) is 5. The maximum Gasteiger partial charge on any atom is 0.316 e. The number of thiocarbonyl (C=S) groups is 1. The lowest BCUT2D eigenvalue weighted by atomic mass is 10.1. The highest BCUT2D eigenvalue weighted by Gasteiger charge is 2.17. The second-order valence-electron chi connectivity index (χ2n) is 5.98. The van der Waals surface area contributed by atoms with Crippen molar-refractivity contribution in [1.29, 1.82) is 0 Å². The van der Waals surface area contributed by atoms with Crippen LogP contribution in [0, 0.1) is 0 Å². The molecular weight excluding hydrogens is 368 g/mol. The Labute approximate surface area is 162 Å². The minimum atomic E-state index is -0.440.